The van der Waals surface area contributed by atoms with E-state index in [-0.39, 0.29) is 13.2 Å². The molecule has 2 aliphatic heterocycles. The summed E-state index contributed by atoms with van der Waals surface area (Å²) in [5.74, 6) is -0.284. The summed E-state index contributed by atoms with van der Waals surface area (Å²) in [5.41, 5.74) is 0.562. The molecular formula is C16H19F3N2O3. The Bertz CT molecular complexity index is 600. The molecule has 0 aromatic heterocycles. The molecule has 1 N–H and O–H groups in total. The minimum atomic E-state index is -2.52. The number of nitrogens with zero attached hydrogens (tertiary/aromatic N) is 1. The highest BCUT2D eigenvalue weighted by Gasteiger charge is 2.33. The van der Waals surface area contributed by atoms with Crippen molar-refractivity contribution in [1.29, 1.82) is 0 Å². The number of morpholine rings is 1. The van der Waals surface area contributed by atoms with Gasteiger partial charge in [-0.05, 0) is 18.2 Å². The third-order valence-electron chi connectivity index (χ3n) is 4.24. The predicted octanol–water partition coefficient (Wildman–Crippen LogP) is 1.73. The minimum absolute atomic E-state index is 0.0672. The second kappa shape index (κ2) is 7.40. The van der Waals surface area contributed by atoms with Gasteiger partial charge in [0.2, 0.25) is 5.91 Å². The number of alkyl halides is 2. The van der Waals surface area contributed by atoms with Crippen LogP contribution in [0.2, 0.25) is 0 Å². The Balaban J connectivity index is 1.71. The van der Waals surface area contributed by atoms with Gasteiger partial charge < -0.3 is 14.8 Å². The third kappa shape index (κ3) is 3.81. The van der Waals surface area contributed by atoms with Crippen molar-refractivity contribution in [3.8, 4) is 5.75 Å². The summed E-state index contributed by atoms with van der Waals surface area (Å²) in [6.45, 7) is 0.590. The lowest BCUT2D eigenvalue weighted by molar-refractivity contribution is -0.134. The maximum Gasteiger partial charge on any atom is 0.251 e. The van der Waals surface area contributed by atoms with E-state index in [1.807, 2.05) is 0 Å². The minimum Gasteiger partial charge on any atom is -0.493 e. The van der Waals surface area contributed by atoms with Gasteiger partial charge in [0.1, 0.15) is 17.6 Å². The van der Waals surface area contributed by atoms with Crippen LogP contribution in [0.1, 0.15) is 18.0 Å². The summed E-state index contributed by atoms with van der Waals surface area (Å²) in [6.07, 6.45) is -2.03. The van der Waals surface area contributed by atoms with Crippen molar-refractivity contribution in [3.63, 3.8) is 0 Å². The van der Waals surface area contributed by atoms with Gasteiger partial charge in [-0.25, -0.2) is 13.2 Å². The van der Waals surface area contributed by atoms with E-state index in [0.717, 1.165) is 0 Å². The van der Waals surface area contributed by atoms with Gasteiger partial charge >= 0.3 is 0 Å². The number of ether oxygens (including phenoxy) is 2. The zero-order valence-corrected chi connectivity index (χ0v) is 13.0. The van der Waals surface area contributed by atoms with Gasteiger partial charge in [0.05, 0.1) is 32.4 Å². The molecule has 0 aliphatic carbocycles. The molecule has 24 heavy (non-hydrogen) atoms. The summed E-state index contributed by atoms with van der Waals surface area (Å²) in [4.78, 5) is 14.0. The molecular weight excluding hydrogens is 325 g/mol. The molecule has 3 rings (SSSR count). The second-order valence-corrected chi connectivity index (χ2v) is 5.86. The van der Waals surface area contributed by atoms with Crippen LogP contribution in [0.5, 0.6) is 5.75 Å². The number of halogens is 3. The number of hydrogen-bond donors (Lipinski definition) is 1. The molecule has 0 unspecified atom stereocenters. The van der Waals surface area contributed by atoms with Crippen molar-refractivity contribution >= 4 is 5.91 Å². The molecule has 0 spiro atoms. The Morgan fingerprint density at radius 2 is 2.21 bits per heavy atom. The van der Waals surface area contributed by atoms with Crippen LogP contribution < -0.4 is 10.1 Å². The number of nitrogens with one attached hydrogen (secondary N) is 1. The van der Waals surface area contributed by atoms with Crippen molar-refractivity contribution in [3.05, 3.63) is 29.6 Å². The average molecular weight is 344 g/mol. The van der Waals surface area contributed by atoms with Crippen molar-refractivity contribution in [1.82, 2.24) is 10.2 Å². The van der Waals surface area contributed by atoms with Crippen LogP contribution >= 0.6 is 0 Å². The van der Waals surface area contributed by atoms with E-state index < -0.39 is 36.8 Å². The zero-order chi connectivity index (χ0) is 17.1. The molecule has 5 nitrogen and oxygen atoms in total. The second-order valence-electron chi connectivity index (χ2n) is 5.86. The Labute approximate surface area is 137 Å². The van der Waals surface area contributed by atoms with Crippen LogP contribution in [0.4, 0.5) is 13.2 Å². The first kappa shape index (κ1) is 17.0. The van der Waals surface area contributed by atoms with E-state index in [4.69, 9.17) is 9.47 Å². The van der Waals surface area contributed by atoms with E-state index in [1.165, 1.54) is 23.1 Å². The number of rotatable bonds is 4. The van der Waals surface area contributed by atoms with Gasteiger partial charge in [-0.3, -0.25) is 9.69 Å². The first-order valence-corrected chi connectivity index (χ1v) is 7.87. The van der Waals surface area contributed by atoms with Crippen molar-refractivity contribution in [2.75, 3.05) is 32.9 Å². The summed E-state index contributed by atoms with van der Waals surface area (Å²) in [6, 6.07) is 2.96. The van der Waals surface area contributed by atoms with E-state index in [2.05, 4.69) is 5.32 Å². The lowest BCUT2D eigenvalue weighted by Gasteiger charge is -2.35. The number of carbonyl (C=O) groups is 1. The van der Waals surface area contributed by atoms with Crippen molar-refractivity contribution in [2.24, 2.45) is 0 Å². The van der Waals surface area contributed by atoms with Crippen LogP contribution in [-0.4, -0.2) is 56.2 Å². The number of amides is 1. The number of carbonyl (C=O) groups excluding carboxylic acids is 1. The molecule has 0 radical (unpaired) electrons. The molecule has 2 atom stereocenters. The Morgan fingerprint density at radius 1 is 1.38 bits per heavy atom. The highest BCUT2D eigenvalue weighted by atomic mass is 19.3. The van der Waals surface area contributed by atoms with E-state index >= 15 is 0 Å². The molecule has 0 bridgehead atoms. The smallest absolute Gasteiger partial charge is 0.251 e. The molecule has 1 amide bonds. The van der Waals surface area contributed by atoms with Gasteiger partial charge in [-0.15, -0.1) is 0 Å². The molecule has 2 aliphatic rings. The largest absolute Gasteiger partial charge is 0.493 e. The Morgan fingerprint density at radius 3 is 3.00 bits per heavy atom. The van der Waals surface area contributed by atoms with Gasteiger partial charge in [-0.2, -0.15) is 0 Å². The van der Waals surface area contributed by atoms with Crippen LogP contribution in [0.15, 0.2) is 18.2 Å². The number of benzene rings is 1. The summed E-state index contributed by atoms with van der Waals surface area (Å²) < 4.78 is 49.6. The van der Waals surface area contributed by atoms with E-state index in [9.17, 15) is 18.0 Å². The van der Waals surface area contributed by atoms with Gasteiger partial charge in [-0.1, -0.05) is 0 Å². The summed E-state index contributed by atoms with van der Waals surface area (Å²) >= 11 is 0. The fourth-order valence-corrected chi connectivity index (χ4v) is 3.06. The van der Waals surface area contributed by atoms with E-state index in [0.29, 0.717) is 30.9 Å². The summed E-state index contributed by atoms with van der Waals surface area (Å²) in [5, 5.41) is 2.82. The van der Waals surface area contributed by atoms with Crippen LogP contribution in [0, 0.1) is 5.82 Å². The maximum atomic E-state index is 13.5. The highest BCUT2D eigenvalue weighted by molar-refractivity contribution is 5.82. The molecule has 1 fully saturated rings. The van der Waals surface area contributed by atoms with Gasteiger partial charge in [0, 0.05) is 18.5 Å². The van der Waals surface area contributed by atoms with Gasteiger partial charge in [0.25, 0.3) is 6.43 Å². The van der Waals surface area contributed by atoms with Crippen LogP contribution in [0.25, 0.3) is 0 Å². The fraction of sp³-hybridized carbons (Fsp3) is 0.562. The maximum absolute atomic E-state index is 13.5. The molecule has 1 aromatic rings. The lowest BCUT2D eigenvalue weighted by atomic mass is 9.99. The Hall–Kier alpha value is -1.80. The molecule has 1 aromatic carbocycles. The monoisotopic (exact) mass is 344 g/mol. The standard InChI is InChI=1S/C16H19F3N2O3/c17-10-1-2-14-11(7-10)12(3-5-24-14)20-16(22)13-9-23-6-4-21(13)8-15(18)19/h1-2,7,12-13,15H,3-6,8-9H2,(H,20,22)/t12-,13-/m0/s1. The van der Waals surface area contributed by atoms with E-state index in [1.54, 1.807) is 0 Å². The SMILES string of the molecule is O=C(N[C@H]1CCOc2ccc(F)cc21)[C@@H]1COCCN1CC(F)F. The third-order valence-corrected chi connectivity index (χ3v) is 4.24. The molecule has 132 valence electrons. The quantitative estimate of drug-likeness (QED) is 0.904. The average Bonchev–Trinajstić information content (AvgIpc) is 2.55. The first-order chi connectivity index (χ1) is 11.5. The van der Waals surface area contributed by atoms with Crippen molar-refractivity contribution in [2.45, 2.75) is 24.9 Å². The number of fused-ring (bicyclic) bond motifs is 1. The summed E-state index contributed by atoms with van der Waals surface area (Å²) in [7, 11) is 0. The van der Waals surface area contributed by atoms with Crippen LogP contribution in [-0.2, 0) is 9.53 Å². The topological polar surface area (TPSA) is 50.8 Å². The van der Waals surface area contributed by atoms with Crippen LogP contribution in [0.3, 0.4) is 0 Å². The molecule has 8 heteroatoms. The molecule has 0 saturated carbocycles. The van der Waals surface area contributed by atoms with Gasteiger partial charge in [0.15, 0.2) is 0 Å². The predicted molar refractivity (Wildman–Crippen MR) is 79.6 cm³/mol. The fourth-order valence-electron chi connectivity index (χ4n) is 3.06. The number of hydrogen-bond acceptors (Lipinski definition) is 4. The highest BCUT2D eigenvalue weighted by Crippen LogP contribution is 2.32. The molecule has 2 heterocycles. The first-order valence-electron chi connectivity index (χ1n) is 7.87. The lowest BCUT2D eigenvalue weighted by Crippen LogP contribution is -2.55. The zero-order valence-electron chi connectivity index (χ0n) is 13.0. The normalized spacial score (nSPS) is 24.3. The Kier molecular flexibility index (Phi) is 5.25. The van der Waals surface area contributed by atoms with Crippen molar-refractivity contribution < 1.29 is 27.4 Å². The molecule has 1 saturated heterocycles.